The smallest absolute Gasteiger partial charge is 0.248 e. The summed E-state index contributed by atoms with van der Waals surface area (Å²) in [4.78, 5) is 15.5. The van der Waals surface area contributed by atoms with E-state index in [1.807, 2.05) is 12.1 Å². The number of hydrogen-bond donors (Lipinski definition) is 1. The SMILES string of the molecule is NC(=O)c1ccnc(-c2csc3ccccc23)c1. The third kappa shape index (κ3) is 1.76. The average Bonchev–Trinajstić information content (AvgIpc) is 2.82. The molecule has 0 aliphatic carbocycles. The largest absolute Gasteiger partial charge is 0.366 e. The zero-order valence-electron chi connectivity index (χ0n) is 9.46. The number of amides is 1. The molecule has 0 fully saturated rings. The molecule has 0 spiro atoms. The number of carbonyl (C=O) groups is 1. The highest BCUT2D eigenvalue weighted by Crippen LogP contribution is 2.32. The van der Waals surface area contributed by atoms with Gasteiger partial charge >= 0.3 is 0 Å². The summed E-state index contributed by atoms with van der Waals surface area (Å²) >= 11 is 1.67. The highest BCUT2D eigenvalue weighted by Gasteiger charge is 2.09. The van der Waals surface area contributed by atoms with Crippen LogP contribution in [0.1, 0.15) is 10.4 Å². The molecule has 1 amide bonds. The number of nitrogens with two attached hydrogens (primary N) is 1. The molecular weight excluding hydrogens is 244 g/mol. The first kappa shape index (κ1) is 10.9. The Bertz CT molecular complexity index is 733. The van der Waals surface area contributed by atoms with Gasteiger partial charge in [-0.1, -0.05) is 18.2 Å². The van der Waals surface area contributed by atoms with Gasteiger partial charge in [0, 0.05) is 32.8 Å². The van der Waals surface area contributed by atoms with Gasteiger partial charge in [0.15, 0.2) is 0 Å². The number of thiophene rings is 1. The molecule has 0 radical (unpaired) electrons. The van der Waals surface area contributed by atoms with Gasteiger partial charge in [-0.2, -0.15) is 0 Å². The van der Waals surface area contributed by atoms with Crippen LogP contribution >= 0.6 is 11.3 Å². The Balaban J connectivity index is 2.20. The minimum Gasteiger partial charge on any atom is -0.366 e. The van der Waals surface area contributed by atoms with Crippen molar-refractivity contribution in [3.05, 3.63) is 53.5 Å². The van der Waals surface area contributed by atoms with Gasteiger partial charge in [0.1, 0.15) is 0 Å². The molecule has 3 nitrogen and oxygen atoms in total. The van der Waals surface area contributed by atoms with Crippen molar-refractivity contribution in [3.63, 3.8) is 0 Å². The molecule has 0 aliphatic rings. The van der Waals surface area contributed by atoms with Gasteiger partial charge in [-0.3, -0.25) is 9.78 Å². The Labute approximate surface area is 108 Å². The number of fused-ring (bicyclic) bond motifs is 1. The quantitative estimate of drug-likeness (QED) is 0.764. The molecular formula is C14H10N2OS. The summed E-state index contributed by atoms with van der Waals surface area (Å²) in [5.41, 5.74) is 7.59. The van der Waals surface area contributed by atoms with Crippen molar-refractivity contribution in [2.24, 2.45) is 5.73 Å². The normalized spacial score (nSPS) is 10.7. The van der Waals surface area contributed by atoms with Crippen LogP contribution in [0.2, 0.25) is 0 Å². The van der Waals surface area contributed by atoms with E-state index in [-0.39, 0.29) is 0 Å². The van der Waals surface area contributed by atoms with Crippen molar-refractivity contribution < 1.29 is 4.79 Å². The lowest BCUT2D eigenvalue weighted by atomic mass is 10.1. The van der Waals surface area contributed by atoms with Gasteiger partial charge in [-0.15, -0.1) is 11.3 Å². The van der Waals surface area contributed by atoms with Crippen LogP contribution < -0.4 is 5.73 Å². The highest BCUT2D eigenvalue weighted by molar-refractivity contribution is 7.17. The second kappa shape index (κ2) is 4.23. The van der Waals surface area contributed by atoms with Crippen LogP contribution in [0.25, 0.3) is 21.3 Å². The van der Waals surface area contributed by atoms with Crippen molar-refractivity contribution in [3.8, 4) is 11.3 Å². The fourth-order valence-electron chi connectivity index (χ4n) is 1.91. The highest BCUT2D eigenvalue weighted by atomic mass is 32.1. The van der Waals surface area contributed by atoms with Gasteiger partial charge in [0.25, 0.3) is 0 Å². The Hall–Kier alpha value is -2.20. The van der Waals surface area contributed by atoms with E-state index < -0.39 is 5.91 Å². The summed E-state index contributed by atoms with van der Waals surface area (Å²) < 4.78 is 1.21. The van der Waals surface area contributed by atoms with Crippen LogP contribution in [0.3, 0.4) is 0 Å². The molecule has 0 unspecified atom stereocenters. The fraction of sp³-hybridized carbons (Fsp3) is 0. The van der Waals surface area contributed by atoms with Crippen molar-refractivity contribution in [2.75, 3.05) is 0 Å². The predicted molar refractivity (Wildman–Crippen MR) is 73.6 cm³/mol. The van der Waals surface area contributed by atoms with Gasteiger partial charge < -0.3 is 5.73 Å². The van der Waals surface area contributed by atoms with E-state index in [1.165, 1.54) is 4.70 Å². The van der Waals surface area contributed by atoms with Gasteiger partial charge in [0.05, 0.1) is 5.69 Å². The Kier molecular flexibility index (Phi) is 2.57. The molecule has 0 bridgehead atoms. The van der Waals surface area contributed by atoms with E-state index >= 15 is 0 Å². The van der Waals surface area contributed by atoms with Crippen LogP contribution in [0.4, 0.5) is 0 Å². The van der Waals surface area contributed by atoms with Crippen LogP contribution in [-0.4, -0.2) is 10.9 Å². The molecule has 18 heavy (non-hydrogen) atoms. The first-order chi connectivity index (χ1) is 8.75. The monoisotopic (exact) mass is 254 g/mol. The Morgan fingerprint density at radius 1 is 1.22 bits per heavy atom. The van der Waals surface area contributed by atoms with E-state index in [0.29, 0.717) is 5.56 Å². The number of pyridine rings is 1. The van der Waals surface area contributed by atoms with E-state index in [9.17, 15) is 4.79 Å². The fourth-order valence-corrected chi connectivity index (χ4v) is 2.86. The van der Waals surface area contributed by atoms with E-state index in [0.717, 1.165) is 16.6 Å². The molecule has 2 aromatic heterocycles. The van der Waals surface area contributed by atoms with Gasteiger partial charge in [-0.05, 0) is 18.2 Å². The number of carbonyl (C=O) groups excluding carboxylic acids is 1. The number of benzene rings is 1. The molecule has 0 atom stereocenters. The third-order valence-electron chi connectivity index (χ3n) is 2.80. The standard InChI is InChI=1S/C14H10N2OS/c15-14(17)9-5-6-16-12(7-9)11-8-18-13-4-2-1-3-10(11)13/h1-8H,(H2,15,17). The number of nitrogens with zero attached hydrogens (tertiary/aromatic N) is 1. The predicted octanol–water partition coefficient (Wildman–Crippen LogP) is 3.06. The summed E-state index contributed by atoms with van der Waals surface area (Å²) in [5.74, 6) is -0.432. The van der Waals surface area contributed by atoms with Gasteiger partial charge in [-0.25, -0.2) is 0 Å². The average molecular weight is 254 g/mol. The Morgan fingerprint density at radius 3 is 2.89 bits per heavy atom. The van der Waals surface area contributed by atoms with Crippen LogP contribution in [0.15, 0.2) is 48.0 Å². The first-order valence-electron chi connectivity index (χ1n) is 5.48. The zero-order valence-corrected chi connectivity index (χ0v) is 10.3. The summed E-state index contributed by atoms with van der Waals surface area (Å²) in [6, 6.07) is 11.5. The molecule has 0 saturated heterocycles. The second-order valence-corrected chi connectivity index (χ2v) is 4.85. The van der Waals surface area contributed by atoms with Crippen molar-refractivity contribution in [1.29, 1.82) is 0 Å². The maximum Gasteiger partial charge on any atom is 0.248 e. The summed E-state index contributed by atoms with van der Waals surface area (Å²) in [5, 5.41) is 3.20. The molecule has 88 valence electrons. The van der Waals surface area contributed by atoms with Crippen molar-refractivity contribution in [2.45, 2.75) is 0 Å². The molecule has 0 saturated carbocycles. The molecule has 2 N–H and O–H groups in total. The van der Waals surface area contributed by atoms with Crippen molar-refractivity contribution >= 4 is 27.3 Å². The zero-order chi connectivity index (χ0) is 12.5. The minimum atomic E-state index is -0.432. The lowest BCUT2D eigenvalue weighted by Crippen LogP contribution is -2.10. The topological polar surface area (TPSA) is 56.0 Å². The van der Waals surface area contributed by atoms with Crippen LogP contribution in [0, 0.1) is 0 Å². The molecule has 3 rings (SSSR count). The maximum atomic E-state index is 11.2. The summed E-state index contributed by atoms with van der Waals surface area (Å²) in [6.07, 6.45) is 1.61. The lowest BCUT2D eigenvalue weighted by Gasteiger charge is -2.01. The molecule has 4 heteroatoms. The molecule has 0 aliphatic heterocycles. The van der Waals surface area contributed by atoms with E-state index in [4.69, 9.17) is 5.73 Å². The maximum absolute atomic E-state index is 11.2. The number of rotatable bonds is 2. The van der Waals surface area contributed by atoms with Crippen LogP contribution in [-0.2, 0) is 0 Å². The van der Waals surface area contributed by atoms with Crippen LogP contribution in [0.5, 0.6) is 0 Å². The second-order valence-electron chi connectivity index (χ2n) is 3.94. The molecule has 3 aromatic rings. The lowest BCUT2D eigenvalue weighted by molar-refractivity contribution is 0.1000. The summed E-state index contributed by atoms with van der Waals surface area (Å²) in [6.45, 7) is 0. The molecule has 2 heterocycles. The number of primary amides is 1. The number of hydrogen-bond acceptors (Lipinski definition) is 3. The first-order valence-corrected chi connectivity index (χ1v) is 6.36. The minimum absolute atomic E-state index is 0.432. The number of aromatic nitrogens is 1. The Morgan fingerprint density at radius 2 is 2.06 bits per heavy atom. The third-order valence-corrected chi connectivity index (χ3v) is 3.76. The molecule has 1 aromatic carbocycles. The van der Waals surface area contributed by atoms with Crippen molar-refractivity contribution in [1.82, 2.24) is 4.98 Å². The van der Waals surface area contributed by atoms with E-state index in [1.54, 1.807) is 29.7 Å². The summed E-state index contributed by atoms with van der Waals surface area (Å²) in [7, 11) is 0. The van der Waals surface area contributed by atoms with Gasteiger partial charge in [0.2, 0.25) is 5.91 Å². The van der Waals surface area contributed by atoms with E-state index in [2.05, 4.69) is 22.5 Å².